The van der Waals surface area contributed by atoms with Crippen molar-refractivity contribution in [1.82, 2.24) is 0 Å². The van der Waals surface area contributed by atoms with Gasteiger partial charge in [-0.25, -0.2) is 8.78 Å². The highest BCUT2D eigenvalue weighted by Gasteiger charge is 2.20. The average molecular weight is 221 g/mol. The van der Waals surface area contributed by atoms with E-state index >= 15 is 0 Å². The van der Waals surface area contributed by atoms with Crippen LogP contribution in [0.25, 0.3) is 0 Å². The number of halogens is 3. The molecule has 0 saturated carbocycles. The largest absolute Gasteiger partial charge is 0.390 e. The van der Waals surface area contributed by atoms with Gasteiger partial charge in [-0.15, -0.1) is 0 Å². The molecule has 0 atom stereocenters. The first-order chi connectivity index (χ1) is 6.31. The van der Waals surface area contributed by atoms with Gasteiger partial charge in [0.15, 0.2) is 0 Å². The third kappa shape index (κ3) is 2.66. The molecule has 0 heterocycles. The van der Waals surface area contributed by atoms with Gasteiger partial charge in [0.05, 0.1) is 10.6 Å². The lowest BCUT2D eigenvalue weighted by Crippen LogP contribution is -2.23. The fourth-order valence-electron chi connectivity index (χ4n) is 1.16. The molecule has 0 unspecified atom stereocenters. The Morgan fingerprint density at radius 1 is 1.29 bits per heavy atom. The summed E-state index contributed by atoms with van der Waals surface area (Å²) in [4.78, 5) is 0. The first-order valence-corrected chi connectivity index (χ1v) is 4.54. The highest BCUT2D eigenvalue weighted by atomic mass is 35.5. The van der Waals surface area contributed by atoms with Crippen LogP contribution in [0.5, 0.6) is 0 Å². The van der Waals surface area contributed by atoms with Crippen LogP contribution in [0.4, 0.5) is 8.78 Å². The highest BCUT2D eigenvalue weighted by molar-refractivity contribution is 6.31. The van der Waals surface area contributed by atoms with Crippen molar-refractivity contribution < 1.29 is 13.9 Å². The molecule has 1 aromatic rings. The number of hydrogen-bond donors (Lipinski definition) is 1. The van der Waals surface area contributed by atoms with Crippen LogP contribution in [-0.2, 0) is 6.42 Å². The maximum absolute atomic E-state index is 13.2. The fraction of sp³-hybridized carbons (Fsp3) is 0.400. The molecule has 0 bridgehead atoms. The Balaban J connectivity index is 3.13. The lowest BCUT2D eigenvalue weighted by molar-refractivity contribution is 0.0799. The van der Waals surface area contributed by atoms with Crippen LogP contribution in [0.1, 0.15) is 19.4 Å². The summed E-state index contributed by atoms with van der Waals surface area (Å²) in [5.74, 6) is -1.27. The average Bonchev–Trinajstić information content (AvgIpc) is 2.04. The van der Waals surface area contributed by atoms with E-state index in [4.69, 9.17) is 11.6 Å². The summed E-state index contributed by atoms with van der Waals surface area (Å²) in [6.45, 7) is 3.02. The number of aliphatic hydroxyl groups is 1. The second-order valence-corrected chi connectivity index (χ2v) is 4.19. The Labute approximate surface area is 86.3 Å². The zero-order valence-electron chi connectivity index (χ0n) is 7.94. The minimum Gasteiger partial charge on any atom is -0.390 e. The molecule has 14 heavy (non-hydrogen) atoms. The molecule has 1 aromatic carbocycles. The molecule has 0 aliphatic carbocycles. The molecule has 78 valence electrons. The van der Waals surface area contributed by atoms with Crippen LogP contribution >= 0.6 is 11.6 Å². The number of rotatable bonds is 2. The molecule has 0 fully saturated rings. The van der Waals surface area contributed by atoms with Gasteiger partial charge in [-0.1, -0.05) is 11.6 Å². The van der Waals surface area contributed by atoms with Crippen molar-refractivity contribution in [1.29, 1.82) is 0 Å². The van der Waals surface area contributed by atoms with Crippen LogP contribution in [0.15, 0.2) is 12.1 Å². The molecule has 0 amide bonds. The van der Waals surface area contributed by atoms with Gasteiger partial charge in [0.2, 0.25) is 0 Å². The fourth-order valence-corrected chi connectivity index (χ4v) is 1.38. The SMILES string of the molecule is CC(C)(O)Cc1c(F)ccc(F)c1Cl. The monoisotopic (exact) mass is 220 g/mol. The van der Waals surface area contributed by atoms with Crippen LogP contribution < -0.4 is 0 Å². The molecule has 1 nitrogen and oxygen atoms in total. The zero-order valence-corrected chi connectivity index (χ0v) is 8.70. The first-order valence-electron chi connectivity index (χ1n) is 4.16. The predicted octanol–water partition coefficient (Wildman–Crippen LogP) is 2.93. The molecular formula is C10H11ClF2O. The summed E-state index contributed by atoms with van der Waals surface area (Å²) in [5.41, 5.74) is -1.10. The topological polar surface area (TPSA) is 20.2 Å². The number of hydrogen-bond acceptors (Lipinski definition) is 1. The predicted molar refractivity (Wildman–Crippen MR) is 51.4 cm³/mol. The van der Waals surface area contributed by atoms with E-state index in [0.717, 1.165) is 12.1 Å². The molecule has 0 radical (unpaired) electrons. The third-order valence-electron chi connectivity index (χ3n) is 1.75. The van der Waals surface area contributed by atoms with Crippen LogP contribution in [0.2, 0.25) is 5.02 Å². The molecule has 4 heteroatoms. The summed E-state index contributed by atoms with van der Waals surface area (Å²) in [5, 5.41) is 9.21. The maximum atomic E-state index is 13.2. The molecule has 1 rings (SSSR count). The molecule has 0 saturated heterocycles. The smallest absolute Gasteiger partial charge is 0.142 e. The van der Waals surface area contributed by atoms with E-state index in [-0.39, 0.29) is 17.0 Å². The van der Waals surface area contributed by atoms with Crippen LogP contribution in [0, 0.1) is 11.6 Å². The Morgan fingerprint density at radius 2 is 1.79 bits per heavy atom. The highest BCUT2D eigenvalue weighted by Crippen LogP contribution is 2.26. The molecule has 1 N–H and O–H groups in total. The Kier molecular flexibility index (Phi) is 3.12. The van der Waals surface area contributed by atoms with Crippen molar-refractivity contribution in [2.45, 2.75) is 25.9 Å². The van der Waals surface area contributed by atoms with Crippen molar-refractivity contribution in [2.75, 3.05) is 0 Å². The normalized spacial score (nSPS) is 11.9. The van der Waals surface area contributed by atoms with Crippen LogP contribution in [0.3, 0.4) is 0 Å². The van der Waals surface area contributed by atoms with Crippen LogP contribution in [-0.4, -0.2) is 10.7 Å². The van der Waals surface area contributed by atoms with Gasteiger partial charge >= 0.3 is 0 Å². The van der Waals surface area contributed by atoms with E-state index in [2.05, 4.69) is 0 Å². The van der Waals surface area contributed by atoms with Gasteiger partial charge in [0.25, 0.3) is 0 Å². The molecule has 0 aliphatic heterocycles. The molecule has 0 aliphatic rings. The number of benzene rings is 1. The molecular weight excluding hydrogens is 210 g/mol. The molecule has 0 spiro atoms. The van der Waals surface area contributed by atoms with E-state index in [9.17, 15) is 13.9 Å². The van der Waals surface area contributed by atoms with Crippen molar-refractivity contribution >= 4 is 11.6 Å². The van der Waals surface area contributed by atoms with Crippen molar-refractivity contribution in [3.8, 4) is 0 Å². The van der Waals surface area contributed by atoms with Gasteiger partial charge in [0, 0.05) is 12.0 Å². The lowest BCUT2D eigenvalue weighted by Gasteiger charge is -2.18. The summed E-state index contributed by atoms with van der Waals surface area (Å²) in [7, 11) is 0. The van der Waals surface area contributed by atoms with Gasteiger partial charge in [-0.05, 0) is 26.0 Å². The van der Waals surface area contributed by atoms with E-state index < -0.39 is 17.2 Å². The summed E-state index contributed by atoms with van der Waals surface area (Å²) in [6, 6.07) is 1.97. The summed E-state index contributed by atoms with van der Waals surface area (Å²) < 4.78 is 26.2. The van der Waals surface area contributed by atoms with E-state index in [0.29, 0.717) is 0 Å². The van der Waals surface area contributed by atoms with Gasteiger partial charge in [0.1, 0.15) is 11.6 Å². The van der Waals surface area contributed by atoms with Crippen molar-refractivity contribution in [2.24, 2.45) is 0 Å². The Morgan fingerprint density at radius 3 is 2.29 bits per heavy atom. The van der Waals surface area contributed by atoms with Gasteiger partial charge < -0.3 is 5.11 Å². The third-order valence-corrected chi connectivity index (χ3v) is 2.16. The second kappa shape index (κ2) is 3.83. The minimum atomic E-state index is -1.11. The summed E-state index contributed by atoms with van der Waals surface area (Å²) in [6.07, 6.45) is -0.0184. The zero-order chi connectivity index (χ0) is 10.9. The van der Waals surface area contributed by atoms with E-state index in [1.54, 1.807) is 0 Å². The van der Waals surface area contributed by atoms with Gasteiger partial charge in [-0.3, -0.25) is 0 Å². The lowest BCUT2D eigenvalue weighted by atomic mass is 9.98. The second-order valence-electron chi connectivity index (χ2n) is 3.81. The van der Waals surface area contributed by atoms with E-state index in [1.165, 1.54) is 13.8 Å². The standard InChI is InChI=1S/C10H11ClF2O/c1-10(2,14)5-6-7(12)3-4-8(13)9(6)11/h3-4,14H,5H2,1-2H3. The maximum Gasteiger partial charge on any atom is 0.142 e. The van der Waals surface area contributed by atoms with Crippen molar-refractivity contribution in [3.63, 3.8) is 0 Å². The summed E-state index contributed by atoms with van der Waals surface area (Å²) >= 11 is 5.58. The molecule has 0 aromatic heterocycles. The quantitative estimate of drug-likeness (QED) is 0.760. The Hall–Kier alpha value is -0.670. The van der Waals surface area contributed by atoms with Crippen molar-refractivity contribution in [3.05, 3.63) is 34.4 Å². The first kappa shape index (κ1) is 11.4. The van der Waals surface area contributed by atoms with E-state index in [1.807, 2.05) is 0 Å². The minimum absolute atomic E-state index is 0.0131. The Bertz CT molecular complexity index is 345. The van der Waals surface area contributed by atoms with Gasteiger partial charge in [-0.2, -0.15) is 0 Å².